The summed E-state index contributed by atoms with van der Waals surface area (Å²) >= 11 is 0. The third-order valence-electron chi connectivity index (χ3n) is 6.87. The molecule has 0 saturated heterocycles. The summed E-state index contributed by atoms with van der Waals surface area (Å²) < 4.78 is 45.6. The molecule has 6 nitrogen and oxygen atoms in total. The molecule has 2 aromatic heterocycles. The van der Waals surface area contributed by atoms with Gasteiger partial charge >= 0.3 is 18.6 Å². The summed E-state index contributed by atoms with van der Waals surface area (Å²) in [6.45, 7) is -1.24. The van der Waals surface area contributed by atoms with Gasteiger partial charge in [-0.3, -0.25) is 0 Å². The van der Waals surface area contributed by atoms with Crippen LogP contribution >= 0.6 is 0 Å². The number of carbonyl (C=O) groups is 1. The summed E-state index contributed by atoms with van der Waals surface area (Å²) in [6, 6.07) is 19.2. The molecule has 2 aromatic carbocycles. The van der Waals surface area contributed by atoms with E-state index in [-0.39, 0.29) is 39.8 Å². The number of rotatable bonds is 4. The van der Waals surface area contributed by atoms with E-state index in [0.29, 0.717) is 22.3 Å². The van der Waals surface area contributed by atoms with Crippen LogP contribution in [0.3, 0.4) is 0 Å². The number of hydrogen-bond donors (Lipinski definition) is 0. The number of nitrogens with zero attached hydrogens (tertiary/aromatic N) is 2. The van der Waals surface area contributed by atoms with Crippen LogP contribution in [0.2, 0.25) is 0 Å². The van der Waals surface area contributed by atoms with E-state index < -0.39 is 18.6 Å². The van der Waals surface area contributed by atoms with Gasteiger partial charge in [-0.05, 0) is 30.7 Å². The minimum Gasteiger partial charge on any atom is -0.462 e. The maximum Gasteiger partial charge on any atom is 0.737 e. The maximum absolute atomic E-state index is 16.7. The highest BCUT2D eigenvalue weighted by Crippen LogP contribution is 2.42. The number of fused-ring (bicyclic) bond motifs is 3. The summed E-state index contributed by atoms with van der Waals surface area (Å²) in [6.07, 6.45) is 2.75. The predicted molar refractivity (Wildman–Crippen MR) is 136 cm³/mol. The Balaban J connectivity index is 1.78. The van der Waals surface area contributed by atoms with Gasteiger partial charge < -0.3 is 26.7 Å². The Morgan fingerprint density at radius 3 is 2.32 bits per heavy atom. The van der Waals surface area contributed by atoms with Gasteiger partial charge in [-0.15, -0.1) is 0 Å². The van der Waals surface area contributed by atoms with Crippen molar-refractivity contribution >= 4 is 24.6 Å². The number of ether oxygens (including phenoxy) is 1. The molecule has 0 atom stereocenters. The van der Waals surface area contributed by atoms with Crippen LogP contribution in [0, 0.1) is 6.92 Å². The van der Waals surface area contributed by atoms with E-state index in [1.54, 1.807) is 61.5 Å². The van der Waals surface area contributed by atoms with Crippen molar-refractivity contribution in [2.75, 3.05) is 6.61 Å². The van der Waals surface area contributed by atoms with Gasteiger partial charge in [-0.2, -0.15) is 0 Å². The van der Waals surface area contributed by atoms with E-state index in [2.05, 4.69) is 0 Å². The Hall–Kier alpha value is -4.53. The Kier molecular flexibility index (Phi) is 5.12. The smallest absolute Gasteiger partial charge is 0.462 e. The Labute approximate surface area is 210 Å². The lowest BCUT2D eigenvalue weighted by molar-refractivity contribution is 0.0526. The fraction of sp³-hybridized carbons (Fsp3) is 0.107. The van der Waals surface area contributed by atoms with Crippen molar-refractivity contribution in [1.82, 2.24) is 8.96 Å². The zero-order valence-corrected chi connectivity index (χ0v) is 20.1. The minimum atomic E-state index is -4.52. The first-order valence-electron chi connectivity index (χ1n) is 11.9. The molecule has 0 fully saturated rings. The van der Waals surface area contributed by atoms with Crippen LogP contribution in [0.5, 0.6) is 0 Å². The largest absolute Gasteiger partial charge is 0.737 e. The molecule has 0 aliphatic carbocycles. The van der Waals surface area contributed by atoms with Crippen LogP contribution in [0.1, 0.15) is 34.2 Å². The van der Waals surface area contributed by atoms with Crippen molar-refractivity contribution in [3.63, 3.8) is 0 Å². The molecule has 0 bridgehead atoms. The lowest BCUT2D eigenvalue weighted by atomic mass is 9.87. The number of carbonyl (C=O) groups excluding carboxylic acids is 1. The first-order valence-corrected chi connectivity index (χ1v) is 11.9. The van der Waals surface area contributed by atoms with Crippen molar-refractivity contribution in [2.24, 2.45) is 0 Å². The average Bonchev–Trinajstić information content (AvgIpc) is 3.39. The topological polar surface area (TPSA) is 64.5 Å². The van der Waals surface area contributed by atoms with Crippen molar-refractivity contribution in [1.29, 1.82) is 0 Å². The van der Waals surface area contributed by atoms with Gasteiger partial charge in [0.2, 0.25) is 0 Å². The van der Waals surface area contributed by atoms with Crippen LogP contribution in [0.15, 0.2) is 87.9 Å². The Bertz CT molecular complexity index is 1810. The predicted octanol–water partition coefficient (Wildman–Crippen LogP) is 3.57. The number of esters is 1. The highest BCUT2D eigenvalue weighted by Gasteiger charge is 2.55. The monoisotopic (exact) mass is 498 g/mol. The van der Waals surface area contributed by atoms with Gasteiger partial charge in [0.25, 0.3) is 0 Å². The number of allylic oxidation sites excluding steroid dienone is 1. The van der Waals surface area contributed by atoms with Gasteiger partial charge in [-0.25, -0.2) is 9.59 Å². The number of halogens is 2. The Morgan fingerprint density at radius 1 is 1.03 bits per heavy atom. The second kappa shape index (κ2) is 8.26. The van der Waals surface area contributed by atoms with Crippen LogP contribution in [0.25, 0.3) is 22.8 Å². The van der Waals surface area contributed by atoms with Crippen molar-refractivity contribution in [3.8, 4) is 11.1 Å². The number of aromatic nitrogens is 1. The third-order valence-corrected chi connectivity index (χ3v) is 6.87. The molecule has 0 N–H and O–H groups in total. The van der Waals surface area contributed by atoms with Crippen molar-refractivity contribution < 1.29 is 22.6 Å². The molecule has 184 valence electrons. The first-order chi connectivity index (χ1) is 17.9. The van der Waals surface area contributed by atoms with Gasteiger partial charge in [0.05, 0.1) is 17.7 Å². The second-order valence-corrected chi connectivity index (χ2v) is 8.87. The van der Waals surface area contributed by atoms with E-state index in [1.807, 2.05) is 12.1 Å². The zero-order chi connectivity index (χ0) is 25.9. The van der Waals surface area contributed by atoms with Gasteiger partial charge in [-0.1, -0.05) is 60.7 Å². The molecule has 0 spiro atoms. The average molecular weight is 498 g/mol. The summed E-state index contributed by atoms with van der Waals surface area (Å²) in [4.78, 5) is 26.0. The van der Waals surface area contributed by atoms with E-state index in [4.69, 9.17) is 9.15 Å². The lowest BCUT2D eigenvalue weighted by Crippen LogP contribution is -2.57. The highest BCUT2D eigenvalue weighted by molar-refractivity contribution is 6.64. The fourth-order valence-electron chi connectivity index (χ4n) is 5.46. The van der Waals surface area contributed by atoms with E-state index in [1.165, 1.54) is 13.0 Å². The number of hydrogen-bond acceptors (Lipinski definition) is 4. The second-order valence-electron chi connectivity index (χ2n) is 8.87. The fourth-order valence-corrected chi connectivity index (χ4v) is 5.46. The van der Waals surface area contributed by atoms with Crippen molar-refractivity contribution in [2.45, 2.75) is 13.8 Å². The third kappa shape index (κ3) is 3.20. The van der Waals surface area contributed by atoms with Gasteiger partial charge in [0.1, 0.15) is 11.5 Å². The van der Waals surface area contributed by atoms with Gasteiger partial charge in [0, 0.05) is 23.4 Å². The molecule has 4 heterocycles. The minimum absolute atomic E-state index is 0.0593. The van der Waals surface area contributed by atoms with E-state index in [9.17, 15) is 9.59 Å². The zero-order valence-electron chi connectivity index (χ0n) is 20.1. The van der Waals surface area contributed by atoms with Crippen LogP contribution in [-0.2, 0) is 4.74 Å². The lowest BCUT2D eigenvalue weighted by Gasteiger charge is -2.30. The van der Waals surface area contributed by atoms with Gasteiger partial charge in [0.15, 0.2) is 11.1 Å². The Morgan fingerprint density at radius 2 is 1.68 bits per heavy atom. The summed E-state index contributed by atoms with van der Waals surface area (Å²) in [5.74, 6) is -0.667. The first kappa shape index (κ1) is 22.9. The molecular weight excluding hydrogens is 477 g/mol. The SMILES string of the molecule is CCOC(=O)c1c(-c2ccccc2)c2n(c1C)[B-](F)(F)[N+]1=c3ccoc(=O)c3=C(c3ccccc3)C1=C2. The molecule has 0 amide bonds. The molecule has 0 saturated carbocycles. The molecule has 4 aromatic rings. The van der Waals surface area contributed by atoms with Crippen LogP contribution in [0.4, 0.5) is 8.63 Å². The molecule has 0 unspecified atom stereocenters. The summed E-state index contributed by atoms with van der Waals surface area (Å²) in [5.41, 5.74) is 1.75. The normalized spacial score (nSPS) is 15.1. The van der Waals surface area contributed by atoms with E-state index >= 15 is 8.63 Å². The molecule has 9 heteroatoms. The standard InChI is InChI=1S/C28H21BF2N2O4/c1-3-36-27(34)23-17(2)32-21(24(23)18-10-6-4-7-11-18)16-22-25(19-12-8-5-9-13-19)26-20(14-15-37-28(26)35)33(22)29(32,30)31/h4-16H,3H2,1-2H3. The quantitative estimate of drug-likeness (QED) is 0.319. The van der Waals surface area contributed by atoms with Crippen LogP contribution < -0.4 is 20.7 Å². The molecular formula is C28H21BF2N2O4. The number of benzene rings is 2. The van der Waals surface area contributed by atoms with E-state index in [0.717, 1.165) is 15.2 Å². The summed E-state index contributed by atoms with van der Waals surface area (Å²) in [5, 5.41) is 0.140. The highest BCUT2D eigenvalue weighted by atomic mass is 19.2. The molecule has 0 radical (unpaired) electrons. The molecule has 37 heavy (non-hydrogen) atoms. The molecule has 6 rings (SSSR count). The molecule has 2 aliphatic rings. The van der Waals surface area contributed by atoms with Crippen molar-refractivity contribution in [3.05, 3.63) is 122 Å². The molecule has 2 aliphatic heterocycles. The maximum atomic E-state index is 16.7. The summed E-state index contributed by atoms with van der Waals surface area (Å²) in [7, 11) is 0. The van der Waals surface area contributed by atoms with Crippen LogP contribution in [-0.4, -0.2) is 24.0 Å².